The van der Waals surface area contributed by atoms with Crippen LogP contribution in [0.15, 0.2) is 36.5 Å². The van der Waals surface area contributed by atoms with Crippen molar-refractivity contribution < 1.29 is 9.90 Å². The van der Waals surface area contributed by atoms with Crippen LogP contribution >= 0.6 is 0 Å². The summed E-state index contributed by atoms with van der Waals surface area (Å²) < 4.78 is 0. The molecule has 1 atom stereocenters. The predicted octanol–water partition coefficient (Wildman–Crippen LogP) is 1.33. The first-order chi connectivity index (χ1) is 8.74. The third kappa shape index (κ3) is 1.95. The fourth-order valence-corrected chi connectivity index (χ4v) is 2.39. The summed E-state index contributed by atoms with van der Waals surface area (Å²) in [5, 5.41) is 11.7. The summed E-state index contributed by atoms with van der Waals surface area (Å²) in [4.78, 5) is 17.7. The molecule has 1 fully saturated rings. The lowest BCUT2D eigenvalue weighted by atomic mass is 10.1. The van der Waals surface area contributed by atoms with E-state index in [1.54, 1.807) is 11.1 Å². The summed E-state index contributed by atoms with van der Waals surface area (Å²) in [6, 6.07) is 9.94. The van der Waals surface area contributed by atoms with Gasteiger partial charge in [-0.25, -0.2) is 0 Å². The lowest BCUT2D eigenvalue weighted by molar-refractivity contribution is -0.128. The maximum absolute atomic E-state index is 11.7. The lowest BCUT2D eigenvalue weighted by Crippen LogP contribution is -2.25. The van der Waals surface area contributed by atoms with Crippen LogP contribution < -0.4 is 0 Å². The van der Waals surface area contributed by atoms with Crippen LogP contribution in [0.3, 0.4) is 0 Å². The van der Waals surface area contributed by atoms with Crippen LogP contribution in [0, 0.1) is 0 Å². The topological polar surface area (TPSA) is 53.4 Å². The average molecular weight is 242 g/mol. The second kappa shape index (κ2) is 4.38. The predicted molar refractivity (Wildman–Crippen MR) is 67.8 cm³/mol. The highest BCUT2D eigenvalue weighted by Gasteiger charge is 2.28. The molecule has 1 aliphatic rings. The van der Waals surface area contributed by atoms with Crippen LogP contribution in [0.2, 0.25) is 0 Å². The van der Waals surface area contributed by atoms with E-state index in [-0.39, 0.29) is 12.3 Å². The Balaban J connectivity index is 1.93. The van der Waals surface area contributed by atoms with E-state index in [4.69, 9.17) is 0 Å². The molecule has 1 aliphatic heterocycles. The van der Waals surface area contributed by atoms with Gasteiger partial charge in [-0.15, -0.1) is 0 Å². The van der Waals surface area contributed by atoms with E-state index in [9.17, 15) is 9.90 Å². The van der Waals surface area contributed by atoms with Crippen molar-refractivity contribution in [1.29, 1.82) is 0 Å². The van der Waals surface area contributed by atoms with Crippen LogP contribution in [-0.4, -0.2) is 33.5 Å². The monoisotopic (exact) mass is 242 g/mol. The van der Waals surface area contributed by atoms with Gasteiger partial charge in [-0.1, -0.05) is 24.3 Å². The van der Waals surface area contributed by atoms with Crippen molar-refractivity contribution in [3.8, 4) is 0 Å². The number of carbonyl (C=O) groups is 1. The molecule has 1 aromatic heterocycles. The van der Waals surface area contributed by atoms with E-state index >= 15 is 0 Å². The Morgan fingerprint density at radius 1 is 1.33 bits per heavy atom. The minimum Gasteiger partial charge on any atom is -0.391 e. The Kier molecular flexibility index (Phi) is 2.72. The van der Waals surface area contributed by atoms with Gasteiger partial charge in [0.2, 0.25) is 5.91 Å². The van der Waals surface area contributed by atoms with Crippen LogP contribution in [0.1, 0.15) is 12.1 Å². The minimum absolute atomic E-state index is 0.00256. The van der Waals surface area contributed by atoms with Gasteiger partial charge in [0.15, 0.2) is 0 Å². The van der Waals surface area contributed by atoms with Crippen molar-refractivity contribution >= 4 is 16.7 Å². The number of aliphatic hydroxyl groups is 1. The molecule has 92 valence electrons. The fourth-order valence-electron chi connectivity index (χ4n) is 2.39. The van der Waals surface area contributed by atoms with E-state index in [1.165, 1.54) is 0 Å². The highest BCUT2D eigenvalue weighted by molar-refractivity contribution is 5.85. The van der Waals surface area contributed by atoms with Gasteiger partial charge < -0.3 is 10.0 Å². The average Bonchev–Trinajstić information content (AvgIpc) is 2.68. The number of benzene rings is 1. The minimum atomic E-state index is -0.535. The first kappa shape index (κ1) is 11.2. The molecule has 2 heterocycles. The number of aromatic nitrogens is 1. The molecule has 0 saturated carbocycles. The molecule has 4 heteroatoms. The van der Waals surface area contributed by atoms with Gasteiger partial charge in [0.25, 0.3) is 0 Å². The first-order valence-corrected chi connectivity index (χ1v) is 6.02. The number of carbonyl (C=O) groups excluding carboxylic acids is 1. The molecule has 0 radical (unpaired) electrons. The SMILES string of the molecule is O=C1CC(O)CN1Cc1nccc2ccccc12. The second-order valence-corrected chi connectivity index (χ2v) is 4.61. The number of fused-ring (bicyclic) bond motifs is 1. The number of hydrogen-bond acceptors (Lipinski definition) is 3. The molecular weight excluding hydrogens is 228 g/mol. The zero-order valence-corrected chi connectivity index (χ0v) is 9.91. The molecule has 1 unspecified atom stereocenters. The van der Waals surface area contributed by atoms with Gasteiger partial charge in [-0.3, -0.25) is 9.78 Å². The van der Waals surface area contributed by atoms with Crippen molar-refractivity contribution in [3.63, 3.8) is 0 Å². The van der Waals surface area contributed by atoms with Crippen molar-refractivity contribution in [2.24, 2.45) is 0 Å². The Bertz CT molecular complexity index is 592. The highest BCUT2D eigenvalue weighted by atomic mass is 16.3. The Hall–Kier alpha value is -1.94. The van der Waals surface area contributed by atoms with Crippen molar-refractivity contribution in [1.82, 2.24) is 9.88 Å². The fraction of sp³-hybridized carbons (Fsp3) is 0.286. The summed E-state index contributed by atoms with van der Waals surface area (Å²) in [6.45, 7) is 0.876. The highest BCUT2D eigenvalue weighted by Crippen LogP contribution is 2.20. The van der Waals surface area contributed by atoms with Gasteiger partial charge in [0.1, 0.15) is 0 Å². The molecule has 0 spiro atoms. The van der Waals surface area contributed by atoms with Crippen molar-refractivity contribution in [2.45, 2.75) is 19.1 Å². The molecule has 1 N–H and O–H groups in total. The quantitative estimate of drug-likeness (QED) is 0.864. The van der Waals surface area contributed by atoms with E-state index in [2.05, 4.69) is 4.98 Å². The summed E-state index contributed by atoms with van der Waals surface area (Å²) >= 11 is 0. The normalized spacial score (nSPS) is 19.7. The third-order valence-electron chi connectivity index (χ3n) is 3.29. The maximum atomic E-state index is 11.7. The number of hydrogen-bond donors (Lipinski definition) is 1. The van der Waals surface area contributed by atoms with E-state index in [1.807, 2.05) is 30.3 Å². The Morgan fingerprint density at radius 3 is 2.94 bits per heavy atom. The van der Waals surface area contributed by atoms with Crippen LogP contribution in [0.4, 0.5) is 0 Å². The number of rotatable bonds is 2. The van der Waals surface area contributed by atoms with Crippen LogP contribution in [0.25, 0.3) is 10.8 Å². The van der Waals surface area contributed by atoms with E-state index < -0.39 is 6.10 Å². The van der Waals surface area contributed by atoms with E-state index in [0.717, 1.165) is 16.5 Å². The summed E-state index contributed by atoms with van der Waals surface area (Å²) in [5.74, 6) is -0.00256. The van der Waals surface area contributed by atoms with Gasteiger partial charge in [-0.05, 0) is 11.5 Å². The van der Waals surface area contributed by atoms with Gasteiger partial charge in [0.05, 0.1) is 24.8 Å². The summed E-state index contributed by atoms with van der Waals surface area (Å²) in [6.07, 6.45) is 1.45. The van der Waals surface area contributed by atoms with Crippen molar-refractivity contribution in [3.05, 3.63) is 42.2 Å². The number of β-amino-alcohol motifs (C(OH)–C–C–N with tert-alkyl or cyclic N) is 1. The smallest absolute Gasteiger partial charge is 0.225 e. The number of aliphatic hydroxyl groups excluding tert-OH is 1. The van der Waals surface area contributed by atoms with Crippen LogP contribution in [-0.2, 0) is 11.3 Å². The second-order valence-electron chi connectivity index (χ2n) is 4.61. The third-order valence-corrected chi connectivity index (χ3v) is 3.29. The van der Waals surface area contributed by atoms with Gasteiger partial charge >= 0.3 is 0 Å². The number of likely N-dealkylation sites (tertiary alicyclic amines) is 1. The number of pyridine rings is 1. The molecule has 2 aromatic rings. The molecule has 0 aliphatic carbocycles. The maximum Gasteiger partial charge on any atom is 0.225 e. The standard InChI is InChI=1S/C14H14N2O2/c17-11-7-14(18)16(8-11)9-13-12-4-2-1-3-10(12)5-6-15-13/h1-6,11,17H,7-9H2. The van der Waals surface area contributed by atoms with Gasteiger partial charge in [0, 0.05) is 18.1 Å². The molecule has 4 nitrogen and oxygen atoms in total. The summed E-state index contributed by atoms with van der Waals surface area (Å²) in [5.41, 5.74) is 0.885. The largest absolute Gasteiger partial charge is 0.391 e. The lowest BCUT2D eigenvalue weighted by Gasteiger charge is -2.16. The first-order valence-electron chi connectivity index (χ1n) is 6.02. The molecule has 1 saturated heterocycles. The Morgan fingerprint density at radius 2 is 2.17 bits per heavy atom. The molecule has 1 amide bonds. The molecular formula is C14H14N2O2. The molecule has 1 aromatic carbocycles. The zero-order chi connectivity index (χ0) is 12.5. The van der Waals surface area contributed by atoms with Gasteiger partial charge in [-0.2, -0.15) is 0 Å². The van der Waals surface area contributed by atoms with Crippen LogP contribution in [0.5, 0.6) is 0 Å². The number of nitrogens with zero attached hydrogens (tertiary/aromatic N) is 2. The Labute approximate surface area is 105 Å². The van der Waals surface area contributed by atoms with E-state index in [0.29, 0.717) is 13.1 Å². The molecule has 3 rings (SSSR count). The number of amides is 1. The molecule has 0 bridgehead atoms. The van der Waals surface area contributed by atoms with Crippen molar-refractivity contribution in [2.75, 3.05) is 6.54 Å². The summed E-state index contributed by atoms with van der Waals surface area (Å²) in [7, 11) is 0. The zero-order valence-electron chi connectivity index (χ0n) is 9.91. The molecule has 18 heavy (non-hydrogen) atoms.